The molecule has 0 saturated carbocycles. The number of likely N-dealkylation sites (tertiary alicyclic amines) is 1. The Hall–Kier alpha value is -3.22. The first-order valence-electron chi connectivity index (χ1n) is 9.86. The fourth-order valence-electron chi connectivity index (χ4n) is 3.87. The van der Waals surface area contributed by atoms with Crippen LogP contribution in [0, 0.1) is 6.92 Å². The van der Waals surface area contributed by atoms with Crippen molar-refractivity contribution < 1.29 is 14.7 Å². The monoisotopic (exact) mass is 392 g/mol. The molecule has 3 heterocycles. The summed E-state index contributed by atoms with van der Waals surface area (Å²) in [6.07, 6.45) is 2.82. The normalized spacial score (nSPS) is 16.7. The summed E-state index contributed by atoms with van der Waals surface area (Å²) in [4.78, 5) is 31.2. The van der Waals surface area contributed by atoms with Gasteiger partial charge in [0.2, 0.25) is 0 Å². The van der Waals surface area contributed by atoms with Gasteiger partial charge < -0.3 is 10.0 Å². The lowest BCUT2D eigenvalue weighted by Crippen LogP contribution is -2.40. The summed E-state index contributed by atoms with van der Waals surface area (Å²) in [7, 11) is 0. The minimum atomic E-state index is -0.960. The van der Waals surface area contributed by atoms with Crippen LogP contribution in [0.4, 0.5) is 0 Å². The topological polar surface area (TPSA) is 88.3 Å². The summed E-state index contributed by atoms with van der Waals surface area (Å²) >= 11 is 0. The van der Waals surface area contributed by atoms with Gasteiger partial charge in [-0.15, -0.1) is 0 Å². The number of amides is 1. The fourth-order valence-corrected chi connectivity index (χ4v) is 3.87. The van der Waals surface area contributed by atoms with Crippen LogP contribution in [0.5, 0.6) is 0 Å². The molecule has 2 aromatic heterocycles. The second-order valence-corrected chi connectivity index (χ2v) is 7.84. The van der Waals surface area contributed by atoms with E-state index in [1.165, 1.54) is 4.90 Å². The number of benzene rings is 1. The maximum Gasteiger partial charge on any atom is 0.326 e. The molecule has 3 aromatic rings. The van der Waals surface area contributed by atoms with Gasteiger partial charge in [0.25, 0.3) is 5.91 Å². The molecule has 0 bridgehead atoms. The minimum absolute atomic E-state index is 0.0785. The van der Waals surface area contributed by atoms with Crippen LogP contribution in [0.1, 0.15) is 48.7 Å². The van der Waals surface area contributed by atoms with E-state index in [-0.39, 0.29) is 11.9 Å². The van der Waals surface area contributed by atoms with Crippen molar-refractivity contribution in [3.05, 3.63) is 47.7 Å². The van der Waals surface area contributed by atoms with Gasteiger partial charge in [-0.3, -0.25) is 4.79 Å². The quantitative estimate of drug-likeness (QED) is 0.732. The van der Waals surface area contributed by atoms with E-state index < -0.39 is 12.0 Å². The highest BCUT2D eigenvalue weighted by Gasteiger charge is 2.35. The lowest BCUT2D eigenvalue weighted by molar-refractivity contribution is -0.141. The maximum atomic E-state index is 13.4. The number of hydrogen-bond donors (Lipinski definition) is 1. The molecule has 1 amide bonds. The van der Waals surface area contributed by atoms with Crippen molar-refractivity contribution in [1.29, 1.82) is 0 Å². The van der Waals surface area contributed by atoms with Gasteiger partial charge >= 0.3 is 5.97 Å². The molecule has 4 rings (SSSR count). The third-order valence-electron chi connectivity index (χ3n) is 5.43. The van der Waals surface area contributed by atoms with E-state index in [9.17, 15) is 14.7 Å². The molecule has 1 aromatic carbocycles. The molecule has 1 fully saturated rings. The van der Waals surface area contributed by atoms with Gasteiger partial charge in [-0.05, 0) is 39.7 Å². The van der Waals surface area contributed by atoms with E-state index in [4.69, 9.17) is 4.98 Å². The summed E-state index contributed by atoms with van der Waals surface area (Å²) in [5, 5.41) is 14.6. The largest absolute Gasteiger partial charge is 0.480 e. The number of carboxylic acid groups (broad SMARTS) is 1. The molecule has 0 unspecified atom stereocenters. The van der Waals surface area contributed by atoms with E-state index in [0.29, 0.717) is 41.7 Å². The zero-order chi connectivity index (χ0) is 20.7. The molecule has 1 N–H and O–H groups in total. The lowest BCUT2D eigenvalue weighted by atomic mass is 10.0. The number of carbonyl (C=O) groups is 2. The summed E-state index contributed by atoms with van der Waals surface area (Å²) < 4.78 is 1.79. The van der Waals surface area contributed by atoms with Crippen LogP contribution in [-0.2, 0) is 4.79 Å². The molecule has 0 radical (unpaired) electrons. The summed E-state index contributed by atoms with van der Waals surface area (Å²) in [6, 6.07) is 9.02. The van der Waals surface area contributed by atoms with Crippen molar-refractivity contribution in [3.8, 4) is 11.3 Å². The van der Waals surface area contributed by atoms with Gasteiger partial charge in [-0.25, -0.2) is 14.5 Å². The number of nitrogens with zero attached hydrogens (tertiary/aromatic N) is 4. The van der Waals surface area contributed by atoms with E-state index in [1.54, 1.807) is 16.9 Å². The Labute approximate surface area is 169 Å². The Bertz CT molecular complexity index is 1090. The van der Waals surface area contributed by atoms with Crippen LogP contribution in [0.15, 0.2) is 36.5 Å². The van der Waals surface area contributed by atoms with Gasteiger partial charge in [-0.2, -0.15) is 5.10 Å². The van der Waals surface area contributed by atoms with Crippen molar-refractivity contribution in [2.75, 3.05) is 6.54 Å². The molecule has 1 saturated heterocycles. The highest BCUT2D eigenvalue weighted by molar-refractivity contribution is 6.07. The van der Waals surface area contributed by atoms with Crippen LogP contribution in [0.2, 0.25) is 0 Å². The summed E-state index contributed by atoms with van der Waals surface area (Å²) in [6.45, 7) is 6.48. The predicted octanol–water partition coefficient (Wildman–Crippen LogP) is 3.68. The number of fused-ring (bicyclic) bond motifs is 1. The molecule has 150 valence electrons. The van der Waals surface area contributed by atoms with Crippen molar-refractivity contribution in [3.63, 3.8) is 0 Å². The number of hydrogen-bond acceptors (Lipinski definition) is 4. The van der Waals surface area contributed by atoms with Crippen LogP contribution < -0.4 is 0 Å². The SMILES string of the molecule is Cc1ccc(-c2cc(C(=O)N3CCC[C@H]3C(=O)O)c3cnn(C(C)C)c3n2)cc1. The highest BCUT2D eigenvalue weighted by Crippen LogP contribution is 2.29. The number of aromatic nitrogens is 3. The summed E-state index contributed by atoms with van der Waals surface area (Å²) in [5.41, 5.74) is 3.80. The van der Waals surface area contributed by atoms with Crippen LogP contribution in [0.25, 0.3) is 22.3 Å². The second kappa shape index (κ2) is 7.31. The Kier molecular flexibility index (Phi) is 4.82. The first kappa shape index (κ1) is 19.1. The third kappa shape index (κ3) is 3.37. The average molecular weight is 392 g/mol. The molecule has 1 aliphatic rings. The standard InChI is InChI=1S/C22H24N4O3/c1-13(2)26-20-17(12-23-26)16(21(27)25-10-4-5-19(25)22(28)29)11-18(24-20)15-8-6-14(3)7-9-15/h6-9,11-13,19H,4-5,10H2,1-3H3,(H,28,29)/t19-/m0/s1. The Morgan fingerprint density at radius 2 is 1.93 bits per heavy atom. The molecular formula is C22H24N4O3. The first-order valence-corrected chi connectivity index (χ1v) is 9.86. The highest BCUT2D eigenvalue weighted by atomic mass is 16.4. The Morgan fingerprint density at radius 1 is 1.21 bits per heavy atom. The van der Waals surface area contributed by atoms with Gasteiger partial charge in [0.05, 0.1) is 22.8 Å². The first-order chi connectivity index (χ1) is 13.9. The zero-order valence-electron chi connectivity index (χ0n) is 16.8. The van der Waals surface area contributed by atoms with Gasteiger partial charge in [0.15, 0.2) is 5.65 Å². The number of carboxylic acids is 1. The predicted molar refractivity (Wildman–Crippen MR) is 110 cm³/mol. The van der Waals surface area contributed by atoms with E-state index in [0.717, 1.165) is 11.1 Å². The summed E-state index contributed by atoms with van der Waals surface area (Å²) in [5.74, 6) is -1.24. The van der Waals surface area contributed by atoms with E-state index >= 15 is 0 Å². The fraction of sp³-hybridized carbons (Fsp3) is 0.364. The van der Waals surface area contributed by atoms with Crippen LogP contribution in [-0.4, -0.2) is 49.2 Å². The molecule has 1 aliphatic heterocycles. The van der Waals surface area contributed by atoms with Crippen LogP contribution in [0.3, 0.4) is 0 Å². The van der Waals surface area contributed by atoms with Crippen molar-refractivity contribution >= 4 is 22.9 Å². The Morgan fingerprint density at radius 3 is 2.59 bits per heavy atom. The van der Waals surface area contributed by atoms with Gasteiger partial charge in [-0.1, -0.05) is 29.8 Å². The van der Waals surface area contributed by atoms with Crippen molar-refractivity contribution in [2.45, 2.75) is 45.7 Å². The molecule has 0 spiro atoms. The molecular weight excluding hydrogens is 368 g/mol. The number of aliphatic carboxylic acids is 1. The number of aryl methyl sites for hydroxylation is 1. The zero-order valence-corrected chi connectivity index (χ0v) is 16.8. The van der Waals surface area contributed by atoms with E-state index in [1.807, 2.05) is 45.0 Å². The van der Waals surface area contributed by atoms with E-state index in [2.05, 4.69) is 5.10 Å². The van der Waals surface area contributed by atoms with Crippen molar-refractivity contribution in [1.82, 2.24) is 19.7 Å². The molecule has 7 heteroatoms. The number of carbonyl (C=O) groups excluding carboxylic acids is 1. The molecule has 7 nitrogen and oxygen atoms in total. The molecule has 0 aliphatic carbocycles. The molecule has 1 atom stereocenters. The number of rotatable bonds is 4. The van der Waals surface area contributed by atoms with Gasteiger partial charge in [0, 0.05) is 18.2 Å². The smallest absolute Gasteiger partial charge is 0.326 e. The number of pyridine rings is 1. The maximum absolute atomic E-state index is 13.4. The molecule has 29 heavy (non-hydrogen) atoms. The average Bonchev–Trinajstić information content (AvgIpc) is 3.34. The lowest BCUT2D eigenvalue weighted by Gasteiger charge is -2.22. The van der Waals surface area contributed by atoms with Crippen molar-refractivity contribution in [2.24, 2.45) is 0 Å². The minimum Gasteiger partial charge on any atom is -0.480 e. The Balaban J connectivity index is 1.89. The van der Waals surface area contributed by atoms with Crippen LogP contribution >= 0.6 is 0 Å². The van der Waals surface area contributed by atoms with Gasteiger partial charge in [0.1, 0.15) is 6.04 Å². The second-order valence-electron chi connectivity index (χ2n) is 7.84. The third-order valence-corrected chi connectivity index (χ3v) is 5.43.